The van der Waals surface area contributed by atoms with Crippen LogP contribution in [0.25, 0.3) is 0 Å². The standard InChI is InChI=1S/C9H11N3O4S/c1-10-6(13)3-12(2)8(14)7-11-5(4-17-7)9(15)16/h4H,3H2,1-2H3,(H,10,13)(H,15,16). The maximum Gasteiger partial charge on any atom is 0.355 e. The Hall–Kier alpha value is -1.96. The Morgan fingerprint density at radius 2 is 2.18 bits per heavy atom. The third-order valence-electron chi connectivity index (χ3n) is 1.91. The predicted molar refractivity (Wildman–Crippen MR) is 60.1 cm³/mol. The molecule has 0 fully saturated rings. The van der Waals surface area contributed by atoms with Gasteiger partial charge in [0, 0.05) is 19.5 Å². The van der Waals surface area contributed by atoms with Crippen molar-refractivity contribution in [2.24, 2.45) is 0 Å². The fraction of sp³-hybridized carbons (Fsp3) is 0.333. The van der Waals surface area contributed by atoms with Gasteiger partial charge in [0.2, 0.25) is 5.91 Å². The summed E-state index contributed by atoms with van der Waals surface area (Å²) in [6.45, 7) is -0.0999. The molecule has 2 amide bonds. The SMILES string of the molecule is CNC(=O)CN(C)C(=O)c1nc(C(=O)O)cs1. The van der Waals surface area contributed by atoms with Crippen LogP contribution in [0.5, 0.6) is 0 Å². The summed E-state index contributed by atoms with van der Waals surface area (Å²) in [6, 6.07) is 0. The molecule has 7 nitrogen and oxygen atoms in total. The van der Waals surface area contributed by atoms with Crippen LogP contribution in [0.3, 0.4) is 0 Å². The van der Waals surface area contributed by atoms with Crippen LogP contribution >= 0.6 is 11.3 Å². The summed E-state index contributed by atoms with van der Waals surface area (Å²) in [5, 5.41) is 12.4. The molecule has 0 saturated carbocycles. The zero-order valence-corrected chi connectivity index (χ0v) is 10.1. The molecule has 0 aliphatic heterocycles. The number of rotatable bonds is 4. The summed E-state index contributed by atoms with van der Waals surface area (Å²) >= 11 is 0.934. The van der Waals surface area contributed by atoms with E-state index in [0.717, 1.165) is 11.3 Å². The van der Waals surface area contributed by atoms with E-state index in [1.165, 1.54) is 24.4 Å². The van der Waals surface area contributed by atoms with E-state index in [1.807, 2.05) is 0 Å². The molecular formula is C9H11N3O4S. The summed E-state index contributed by atoms with van der Waals surface area (Å²) in [5.74, 6) is -1.98. The lowest BCUT2D eigenvalue weighted by atomic mass is 10.4. The molecule has 0 aliphatic carbocycles. The number of nitrogens with zero attached hydrogens (tertiary/aromatic N) is 2. The van der Waals surface area contributed by atoms with Gasteiger partial charge in [0.1, 0.15) is 0 Å². The van der Waals surface area contributed by atoms with Gasteiger partial charge in [0.15, 0.2) is 10.7 Å². The smallest absolute Gasteiger partial charge is 0.355 e. The van der Waals surface area contributed by atoms with Gasteiger partial charge in [-0.25, -0.2) is 9.78 Å². The summed E-state index contributed by atoms with van der Waals surface area (Å²) in [7, 11) is 2.91. The van der Waals surface area contributed by atoms with Gasteiger partial charge in [-0.2, -0.15) is 0 Å². The molecule has 0 aliphatic rings. The van der Waals surface area contributed by atoms with Crippen molar-refractivity contribution in [3.05, 3.63) is 16.1 Å². The van der Waals surface area contributed by atoms with Gasteiger partial charge in [-0.1, -0.05) is 0 Å². The first-order chi connectivity index (χ1) is 7.95. The molecule has 0 radical (unpaired) electrons. The Kier molecular flexibility index (Phi) is 4.16. The predicted octanol–water partition coefficient (Wildman–Crippen LogP) is -0.341. The number of nitrogens with one attached hydrogen (secondary N) is 1. The summed E-state index contributed by atoms with van der Waals surface area (Å²) in [6.07, 6.45) is 0. The highest BCUT2D eigenvalue weighted by Gasteiger charge is 2.19. The molecule has 0 aromatic carbocycles. The average Bonchev–Trinajstić information content (AvgIpc) is 2.77. The fourth-order valence-electron chi connectivity index (χ4n) is 1.000. The Morgan fingerprint density at radius 1 is 1.53 bits per heavy atom. The molecule has 0 saturated heterocycles. The molecule has 17 heavy (non-hydrogen) atoms. The fourth-order valence-corrected chi connectivity index (χ4v) is 1.78. The van der Waals surface area contributed by atoms with E-state index in [2.05, 4.69) is 10.3 Å². The molecule has 8 heteroatoms. The number of amides is 2. The summed E-state index contributed by atoms with van der Waals surface area (Å²) in [4.78, 5) is 38.2. The van der Waals surface area contributed by atoms with E-state index in [-0.39, 0.29) is 23.2 Å². The highest BCUT2D eigenvalue weighted by atomic mass is 32.1. The first-order valence-electron chi connectivity index (χ1n) is 4.60. The molecule has 92 valence electrons. The van der Waals surface area contributed by atoms with Crippen molar-refractivity contribution in [3.63, 3.8) is 0 Å². The second-order valence-electron chi connectivity index (χ2n) is 3.18. The molecule has 2 N–H and O–H groups in total. The van der Waals surface area contributed by atoms with Crippen molar-refractivity contribution in [1.82, 2.24) is 15.2 Å². The summed E-state index contributed by atoms with van der Waals surface area (Å²) < 4.78 is 0. The van der Waals surface area contributed by atoms with Gasteiger partial charge in [0.05, 0.1) is 6.54 Å². The van der Waals surface area contributed by atoms with Gasteiger partial charge in [-0.15, -0.1) is 11.3 Å². The van der Waals surface area contributed by atoms with E-state index >= 15 is 0 Å². The minimum atomic E-state index is -1.19. The maximum atomic E-state index is 11.7. The number of carbonyl (C=O) groups excluding carboxylic acids is 2. The molecule has 1 rings (SSSR count). The van der Waals surface area contributed by atoms with Crippen LogP contribution in [0.2, 0.25) is 0 Å². The zero-order chi connectivity index (χ0) is 13.0. The normalized spacial score (nSPS) is 9.76. The number of hydrogen-bond donors (Lipinski definition) is 2. The highest BCUT2D eigenvalue weighted by molar-refractivity contribution is 7.11. The monoisotopic (exact) mass is 257 g/mol. The van der Waals surface area contributed by atoms with Crippen LogP contribution in [0, 0.1) is 0 Å². The van der Waals surface area contributed by atoms with E-state index in [9.17, 15) is 14.4 Å². The Morgan fingerprint density at radius 3 is 2.65 bits per heavy atom. The van der Waals surface area contributed by atoms with Crippen molar-refractivity contribution < 1.29 is 19.5 Å². The number of thiazole rings is 1. The zero-order valence-electron chi connectivity index (χ0n) is 9.26. The minimum absolute atomic E-state index is 0.0498. The maximum absolute atomic E-state index is 11.7. The minimum Gasteiger partial charge on any atom is -0.476 e. The number of likely N-dealkylation sites (N-methyl/N-ethyl adjacent to an activating group) is 2. The van der Waals surface area contributed by atoms with Gasteiger partial charge in [0.25, 0.3) is 5.91 Å². The van der Waals surface area contributed by atoms with Crippen LogP contribution in [-0.4, -0.2) is 53.4 Å². The largest absolute Gasteiger partial charge is 0.476 e. The number of aromatic carboxylic acids is 1. The van der Waals surface area contributed by atoms with Gasteiger partial charge < -0.3 is 15.3 Å². The first-order valence-corrected chi connectivity index (χ1v) is 5.48. The number of aromatic nitrogens is 1. The van der Waals surface area contributed by atoms with Gasteiger partial charge in [-0.05, 0) is 0 Å². The Labute approximate surface area is 101 Å². The van der Waals surface area contributed by atoms with Crippen LogP contribution in [0.1, 0.15) is 20.3 Å². The van der Waals surface area contributed by atoms with E-state index in [1.54, 1.807) is 0 Å². The van der Waals surface area contributed by atoms with E-state index < -0.39 is 11.9 Å². The van der Waals surface area contributed by atoms with Crippen molar-refractivity contribution in [1.29, 1.82) is 0 Å². The molecule has 1 aromatic heterocycles. The van der Waals surface area contributed by atoms with Crippen LogP contribution < -0.4 is 5.32 Å². The van der Waals surface area contributed by atoms with Crippen molar-refractivity contribution in [2.45, 2.75) is 0 Å². The first kappa shape index (κ1) is 13.1. The second-order valence-corrected chi connectivity index (χ2v) is 4.04. The van der Waals surface area contributed by atoms with E-state index in [4.69, 9.17) is 5.11 Å². The van der Waals surface area contributed by atoms with Crippen LogP contribution in [-0.2, 0) is 4.79 Å². The van der Waals surface area contributed by atoms with Gasteiger partial charge in [-0.3, -0.25) is 9.59 Å². The van der Waals surface area contributed by atoms with E-state index in [0.29, 0.717) is 0 Å². The number of hydrogen-bond acceptors (Lipinski definition) is 5. The lowest BCUT2D eigenvalue weighted by Gasteiger charge is -2.13. The molecule has 1 heterocycles. The highest BCUT2D eigenvalue weighted by Crippen LogP contribution is 2.11. The second kappa shape index (κ2) is 5.39. The lowest BCUT2D eigenvalue weighted by Crippen LogP contribution is -2.36. The third-order valence-corrected chi connectivity index (χ3v) is 2.74. The van der Waals surface area contributed by atoms with Crippen molar-refractivity contribution in [3.8, 4) is 0 Å². The molecule has 0 unspecified atom stereocenters. The lowest BCUT2D eigenvalue weighted by molar-refractivity contribution is -0.121. The number of carbonyl (C=O) groups is 3. The summed E-state index contributed by atoms with van der Waals surface area (Å²) in [5.41, 5.74) is -0.174. The topological polar surface area (TPSA) is 99.6 Å². The molecule has 0 bridgehead atoms. The third kappa shape index (κ3) is 3.25. The molecule has 0 atom stereocenters. The van der Waals surface area contributed by atoms with Crippen LogP contribution in [0.15, 0.2) is 5.38 Å². The van der Waals surface area contributed by atoms with Gasteiger partial charge >= 0.3 is 5.97 Å². The van der Waals surface area contributed by atoms with Crippen LogP contribution in [0.4, 0.5) is 0 Å². The Balaban J connectivity index is 2.74. The number of carboxylic acids is 1. The quantitative estimate of drug-likeness (QED) is 0.768. The number of carboxylic acid groups (broad SMARTS) is 1. The van der Waals surface area contributed by atoms with Crippen molar-refractivity contribution >= 4 is 29.1 Å². The average molecular weight is 257 g/mol. The Bertz CT molecular complexity index is 457. The van der Waals surface area contributed by atoms with Crippen molar-refractivity contribution in [2.75, 3.05) is 20.6 Å². The molecule has 0 spiro atoms. The molecule has 1 aromatic rings. The molecular weight excluding hydrogens is 246 g/mol.